The third kappa shape index (κ3) is 2.97. The predicted molar refractivity (Wildman–Crippen MR) is 119 cm³/mol. The number of nitrogens with one attached hydrogen (secondary N) is 3. The fourth-order valence-corrected chi connectivity index (χ4v) is 4.64. The Morgan fingerprint density at radius 2 is 2.09 bits per heavy atom. The van der Waals surface area contributed by atoms with E-state index in [1.54, 1.807) is 0 Å². The number of carbonyl (C=O) groups is 2. The second-order valence-corrected chi connectivity index (χ2v) is 8.16. The molecule has 0 unspecified atom stereocenters. The minimum atomic E-state index is -0.566. The summed E-state index contributed by atoms with van der Waals surface area (Å²) in [5, 5.41) is 9.65. The van der Waals surface area contributed by atoms with Gasteiger partial charge in [-0.1, -0.05) is 13.8 Å². The van der Waals surface area contributed by atoms with E-state index in [2.05, 4.69) is 34.3 Å². The van der Waals surface area contributed by atoms with Gasteiger partial charge in [-0.25, -0.2) is 9.78 Å². The van der Waals surface area contributed by atoms with Gasteiger partial charge in [0.25, 0.3) is 0 Å². The highest BCUT2D eigenvalue weighted by Gasteiger charge is 2.48. The number of hydrogen-bond donors (Lipinski definition) is 3. The molecule has 32 heavy (non-hydrogen) atoms. The van der Waals surface area contributed by atoms with Crippen LogP contribution in [0.2, 0.25) is 0 Å². The van der Waals surface area contributed by atoms with Crippen molar-refractivity contribution in [1.29, 1.82) is 0 Å². The number of benzene rings is 1. The van der Waals surface area contributed by atoms with E-state index in [4.69, 9.17) is 14.5 Å². The lowest BCUT2D eigenvalue weighted by molar-refractivity contribution is -0.123. The van der Waals surface area contributed by atoms with Gasteiger partial charge in [-0.3, -0.25) is 15.2 Å². The topological polar surface area (TPSA) is 125 Å². The zero-order valence-electron chi connectivity index (χ0n) is 18.3. The molecule has 2 aliphatic rings. The number of rotatable bonds is 6. The number of aromatic nitrogens is 4. The third-order valence-corrected chi connectivity index (χ3v) is 6.58. The third-order valence-electron chi connectivity index (χ3n) is 6.58. The van der Waals surface area contributed by atoms with E-state index in [1.807, 2.05) is 24.0 Å². The Morgan fingerprint density at radius 3 is 2.75 bits per heavy atom. The van der Waals surface area contributed by atoms with Gasteiger partial charge in [-0.15, -0.1) is 0 Å². The monoisotopic (exact) mass is 438 g/mol. The summed E-state index contributed by atoms with van der Waals surface area (Å²) in [6.07, 6.45) is 2.20. The van der Waals surface area contributed by atoms with Crippen LogP contribution >= 0.6 is 0 Å². The van der Waals surface area contributed by atoms with Gasteiger partial charge in [-0.05, 0) is 37.5 Å². The predicted octanol–water partition coefficient (Wildman–Crippen LogP) is 3.32. The quantitative estimate of drug-likeness (QED) is 0.542. The number of carbonyl (C=O) groups excluding carboxylic acids is 2. The van der Waals surface area contributed by atoms with Crippen LogP contribution in [0.1, 0.15) is 39.2 Å². The zero-order valence-corrected chi connectivity index (χ0v) is 18.3. The summed E-state index contributed by atoms with van der Waals surface area (Å²) in [5.41, 5.74) is 4.01. The van der Waals surface area contributed by atoms with Crippen LogP contribution in [-0.4, -0.2) is 58.0 Å². The average Bonchev–Trinajstić information content (AvgIpc) is 3.43. The maximum atomic E-state index is 13.2. The summed E-state index contributed by atoms with van der Waals surface area (Å²) < 4.78 is 10.3. The first-order chi connectivity index (χ1) is 15.5. The van der Waals surface area contributed by atoms with Crippen LogP contribution in [0.4, 0.5) is 16.2 Å². The molecule has 0 atom stereocenters. The Kier molecular flexibility index (Phi) is 4.89. The molecule has 0 bridgehead atoms. The number of aromatic amines is 2. The minimum Gasteiger partial charge on any atom is -0.441 e. The average molecular weight is 438 g/mol. The molecule has 0 aliphatic carbocycles. The van der Waals surface area contributed by atoms with E-state index >= 15 is 0 Å². The molecule has 10 nitrogen and oxygen atoms in total. The first-order valence-electron chi connectivity index (χ1n) is 11.0. The Morgan fingerprint density at radius 1 is 1.31 bits per heavy atom. The molecule has 3 N–H and O–H groups in total. The SMILES string of the molecule is CCN1C(=O)C(CC)(CC)c2cc3[nH]c(-c4[nH]ncc4NC(=O)OC4COC4)nc3cc21. The second-order valence-electron chi connectivity index (χ2n) is 8.16. The Hall–Kier alpha value is -3.40. The van der Waals surface area contributed by atoms with Gasteiger partial charge in [-0.2, -0.15) is 5.10 Å². The molecular weight excluding hydrogens is 412 g/mol. The molecule has 2 aliphatic heterocycles. The lowest BCUT2D eigenvalue weighted by Crippen LogP contribution is -2.39. The van der Waals surface area contributed by atoms with Crippen LogP contribution in [0.5, 0.6) is 0 Å². The van der Waals surface area contributed by atoms with E-state index in [1.165, 1.54) is 6.20 Å². The number of amides is 2. The number of anilines is 2. The summed E-state index contributed by atoms with van der Waals surface area (Å²) in [6.45, 7) is 7.54. The number of nitrogens with zero attached hydrogens (tertiary/aromatic N) is 3. The molecule has 0 spiro atoms. The molecule has 1 aromatic carbocycles. The van der Waals surface area contributed by atoms with Crippen LogP contribution in [0, 0.1) is 0 Å². The second kappa shape index (κ2) is 7.63. The molecule has 0 saturated carbocycles. The van der Waals surface area contributed by atoms with Crippen molar-refractivity contribution in [2.75, 3.05) is 30.0 Å². The van der Waals surface area contributed by atoms with Crippen LogP contribution in [0.15, 0.2) is 18.3 Å². The van der Waals surface area contributed by atoms with Gasteiger partial charge in [0.2, 0.25) is 5.91 Å². The van der Waals surface area contributed by atoms with Crippen molar-refractivity contribution in [3.63, 3.8) is 0 Å². The van der Waals surface area contributed by atoms with Crippen LogP contribution in [-0.2, 0) is 19.7 Å². The Labute approximate surface area is 184 Å². The van der Waals surface area contributed by atoms with E-state index in [-0.39, 0.29) is 12.0 Å². The van der Waals surface area contributed by atoms with Gasteiger partial charge in [0.15, 0.2) is 11.9 Å². The Balaban J connectivity index is 1.50. The highest BCUT2D eigenvalue weighted by atomic mass is 16.6. The normalized spacial score (nSPS) is 17.5. The molecule has 2 aromatic heterocycles. The van der Waals surface area contributed by atoms with Crippen molar-refractivity contribution in [3.05, 3.63) is 23.9 Å². The molecule has 168 valence electrons. The van der Waals surface area contributed by atoms with E-state index < -0.39 is 11.5 Å². The van der Waals surface area contributed by atoms with Crippen LogP contribution < -0.4 is 10.2 Å². The number of ether oxygens (including phenoxy) is 2. The van der Waals surface area contributed by atoms with Crippen molar-refractivity contribution in [2.24, 2.45) is 0 Å². The van der Waals surface area contributed by atoms with E-state index in [9.17, 15) is 9.59 Å². The minimum absolute atomic E-state index is 0.156. The van der Waals surface area contributed by atoms with Gasteiger partial charge >= 0.3 is 6.09 Å². The van der Waals surface area contributed by atoms with Gasteiger partial charge in [0.1, 0.15) is 5.69 Å². The van der Waals surface area contributed by atoms with E-state index in [0.29, 0.717) is 37.0 Å². The standard InChI is InChI=1S/C22H26N6O4/c1-4-22(5-2)13-7-14-15(8-17(13)28(6-3)20(22)29)25-19(24-14)18-16(9-23-27-18)26-21(30)32-12-10-31-11-12/h7-9,12H,4-6,10-11H2,1-3H3,(H,23,27)(H,24,25)(H,26,30). The summed E-state index contributed by atoms with van der Waals surface area (Å²) in [4.78, 5) is 35.2. The lowest BCUT2D eigenvalue weighted by Gasteiger charge is -2.25. The molecule has 10 heteroatoms. The first kappa shape index (κ1) is 20.5. The highest BCUT2D eigenvalue weighted by Crippen LogP contribution is 2.47. The van der Waals surface area contributed by atoms with Crippen molar-refractivity contribution < 1.29 is 19.1 Å². The summed E-state index contributed by atoms with van der Waals surface area (Å²) in [6, 6.07) is 4.00. The fourth-order valence-electron chi connectivity index (χ4n) is 4.64. The Bertz CT molecular complexity index is 1190. The molecule has 0 radical (unpaired) electrons. The molecule has 1 saturated heterocycles. The lowest BCUT2D eigenvalue weighted by atomic mass is 9.77. The van der Waals surface area contributed by atoms with Crippen molar-refractivity contribution in [3.8, 4) is 11.5 Å². The van der Waals surface area contributed by atoms with Crippen molar-refractivity contribution >= 4 is 34.4 Å². The fraction of sp³-hybridized carbons (Fsp3) is 0.455. The number of H-pyrrole nitrogens is 2. The highest BCUT2D eigenvalue weighted by molar-refractivity contribution is 6.10. The molecule has 2 amide bonds. The smallest absolute Gasteiger partial charge is 0.412 e. The largest absolute Gasteiger partial charge is 0.441 e. The summed E-state index contributed by atoms with van der Waals surface area (Å²) in [5.74, 6) is 0.694. The van der Waals surface area contributed by atoms with Gasteiger partial charge in [0, 0.05) is 6.54 Å². The van der Waals surface area contributed by atoms with Gasteiger partial charge in [0.05, 0.1) is 47.2 Å². The number of hydrogen-bond acceptors (Lipinski definition) is 6. The molecule has 4 heterocycles. The molecular formula is C22H26N6O4. The van der Waals surface area contributed by atoms with Gasteiger partial charge < -0.3 is 19.4 Å². The maximum Gasteiger partial charge on any atom is 0.412 e. The van der Waals surface area contributed by atoms with Crippen molar-refractivity contribution in [2.45, 2.75) is 45.1 Å². The number of imidazole rings is 1. The maximum absolute atomic E-state index is 13.2. The van der Waals surface area contributed by atoms with Crippen molar-refractivity contribution in [1.82, 2.24) is 20.2 Å². The summed E-state index contributed by atoms with van der Waals surface area (Å²) in [7, 11) is 0. The van der Waals surface area contributed by atoms with Crippen LogP contribution in [0.25, 0.3) is 22.6 Å². The van der Waals surface area contributed by atoms with E-state index in [0.717, 1.165) is 35.1 Å². The molecule has 5 rings (SSSR count). The molecule has 1 fully saturated rings. The first-order valence-corrected chi connectivity index (χ1v) is 11.0. The zero-order chi connectivity index (χ0) is 22.5. The number of likely N-dealkylation sites (N-methyl/N-ethyl adjacent to an activating group) is 1. The summed E-state index contributed by atoms with van der Waals surface area (Å²) >= 11 is 0. The van der Waals surface area contributed by atoms with Crippen LogP contribution in [0.3, 0.4) is 0 Å². The molecule has 3 aromatic rings. The number of fused-ring (bicyclic) bond motifs is 2.